The fraction of sp³-hybridized carbons (Fsp3) is 0.500. The first-order chi connectivity index (χ1) is 8.66. The maximum atomic E-state index is 12.2. The normalized spacial score (nSPS) is 17.5. The van der Waals surface area contributed by atoms with Crippen LogP contribution >= 0.6 is 12.4 Å². The van der Waals surface area contributed by atoms with Crippen molar-refractivity contribution < 1.29 is 9.53 Å². The lowest BCUT2D eigenvalue weighted by Gasteiger charge is -2.32. The van der Waals surface area contributed by atoms with Gasteiger partial charge in [-0.2, -0.15) is 0 Å². The van der Waals surface area contributed by atoms with Crippen LogP contribution in [0.3, 0.4) is 0 Å². The number of nitrogens with zero attached hydrogens (tertiary/aromatic N) is 1. The number of ether oxygens (including phenoxy) is 1. The molecule has 0 saturated carbocycles. The molecule has 1 fully saturated rings. The molecule has 0 radical (unpaired) electrons. The number of carbonyl (C=O) groups is 1. The molecule has 1 aliphatic heterocycles. The fourth-order valence-electron chi connectivity index (χ4n) is 2.13. The molecule has 0 bridgehead atoms. The van der Waals surface area contributed by atoms with Gasteiger partial charge >= 0.3 is 0 Å². The highest BCUT2D eigenvalue weighted by molar-refractivity contribution is 5.85. The van der Waals surface area contributed by atoms with E-state index < -0.39 is 6.10 Å². The van der Waals surface area contributed by atoms with Gasteiger partial charge < -0.3 is 15.4 Å². The quantitative estimate of drug-likeness (QED) is 0.921. The molecule has 2 rings (SSSR count). The van der Waals surface area contributed by atoms with Crippen LogP contribution in [0.15, 0.2) is 30.3 Å². The van der Waals surface area contributed by atoms with Crippen LogP contribution in [0.5, 0.6) is 5.75 Å². The average Bonchev–Trinajstić information content (AvgIpc) is 2.40. The first-order valence-corrected chi connectivity index (χ1v) is 6.43. The molecule has 4 nitrogen and oxygen atoms in total. The smallest absolute Gasteiger partial charge is 0.263 e. The van der Waals surface area contributed by atoms with Crippen LogP contribution in [0.2, 0.25) is 0 Å². The summed E-state index contributed by atoms with van der Waals surface area (Å²) in [4.78, 5) is 14.0. The van der Waals surface area contributed by atoms with Gasteiger partial charge in [-0.25, -0.2) is 0 Å². The predicted molar refractivity (Wildman–Crippen MR) is 77.6 cm³/mol. The van der Waals surface area contributed by atoms with Gasteiger partial charge in [0.15, 0.2) is 6.10 Å². The van der Waals surface area contributed by atoms with E-state index in [1.807, 2.05) is 35.2 Å². The summed E-state index contributed by atoms with van der Waals surface area (Å²) in [6.45, 7) is 3.27. The molecule has 0 aromatic heterocycles. The zero-order chi connectivity index (χ0) is 13.0. The van der Waals surface area contributed by atoms with Crippen molar-refractivity contribution in [3.05, 3.63) is 30.3 Å². The van der Waals surface area contributed by atoms with Crippen molar-refractivity contribution in [2.75, 3.05) is 13.1 Å². The third kappa shape index (κ3) is 4.40. The Kier molecular flexibility index (Phi) is 6.12. The largest absolute Gasteiger partial charge is 0.481 e. The molecular weight excluding hydrogens is 264 g/mol. The zero-order valence-corrected chi connectivity index (χ0v) is 11.9. The Hall–Kier alpha value is -1.26. The lowest BCUT2D eigenvalue weighted by molar-refractivity contribution is -0.139. The highest BCUT2D eigenvalue weighted by Crippen LogP contribution is 2.14. The Morgan fingerprint density at radius 1 is 1.32 bits per heavy atom. The average molecular weight is 285 g/mol. The number of halogens is 1. The first-order valence-electron chi connectivity index (χ1n) is 6.43. The maximum absolute atomic E-state index is 12.2. The highest BCUT2D eigenvalue weighted by Gasteiger charge is 2.25. The molecule has 0 aliphatic carbocycles. The van der Waals surface area contributed by atoms with E-state index in [0.29, 0.717) is 0 Å². The van der Waals surface area contributed by atoms with Gasteiger partial charge in [0.25, 0.3) is 5.91 Å². The van der Waals surface area contributed by atoms with Crippen LogP contribution in [-0.4, -0.2) is 36.0 Å². The van der Waals surface area contributed by atoms with Gasteiger partial charge in [0.2, 0.25) is 0 Å². The third-order valence-corrected chi connectivity index (χ3v) is 3.26. The number of amides is 1. The molecule has 1 aliphatic rings. The summed E-state index contributed by atoms with van der Waals surface area (Å²) in [5.41, 5.74) is 5.83. The Labute approximate surface area is 120 Å². The van der Waals surface area contributed by atoms with Gasteiger partial charge in [-0.15, -0.1) is 12.4 Å². The van der Waals surface area contributed by atoms with Gasteiger partial charge in [0.1, 0.15) is 5.75 Å². The number of carbonyl (C=O) groups excluding carboxylic acids is 1. The number of para-hydroxylation sites is 1. The summed E-state index contributed by atoms with van der Waals surface area (Å²) >= 11 is 0. The summed E-state index contributed by atoms with van der Waals surface area (Å²) < 4.78 is 5.63. The van der Waals surface area contributed by atoms with Crippen molar-refractivity contribution >= 4 is 18.3 Å². The second-order valence-electron chi connectivity index (χ2n) is 4.74. The second-order valence-corrected chi connectivity index (χ2v) is 4.74. The van der Waals surface area contributed by atoms with Crippen LogP contribution in [0.1, 0.15) is 19.8 Å². The number of likely N-dealkylation sites (tertiary alicyclic amines) is 1. The monoisotopic (exact) mass is 284 g/mol. The summed E-state index contributed by atoms with van der Waals surface area (Å²) in [6, 6.07) is 9.66. The van der Waals surface area contributed by atoms with E-state index in [4.69, 9.17) is 10.5 Å². The molecule has 1 unspecified atom stereocenters. The lowest BCUT2D eigenvalue weighted by atomic mass is 10.1. The van der Waals surface area contributed by atoms with Crippen molar-refractivity contribution in [1.82, 2.24) is 4.90 Å². The second kappa shape index (κ2) is 7.36. The van der Waals surface area contributed by atoms with Crippen molar-refractivity contribution in [2.24, 2.45) is 5.73 Å². The van der Waals surface area contributed by atoms with Crippen molar-refractivity contribution in [3.63, 3.8) is 0 Å². The topological polar surface area (TPSA) is 55.6 Å². The van der Waals surface area contributed by atoms with E-state index in [1.165, 1.54) is 0 Å². The molecule has 19 heavy (non-hydrogen) atoms. The molecule has 5 heteroatoms. The lowest BCUT2D eigenvalue weighted by Crippen LogP contribution is -2.47. The molecule has 0 spiro atoms. The van der Waals surface area contributed by atoms with Gasteiger partial charge in [-0.05, 0) is 31.9 Å². The number of hydrogen-bond acceptors (Lipinski definition) is 3. The number of piperidine rings is 1. The Morgan fingerprint density at radius 2 is 1.89 bits per heavy atom. The minimum Gasteiger partial charge on any atom is -0.481 e. The van der Waals surface area contributed by atoms with Crippen LogP contribution in [0.4, 0.5) is 0 Å². The van der Waals surface area contributed by atoms with Gasteiger partial charge in [0.05, 0.1) is 0 Å². The molecular formula is C14H21ClN2O2. The molecule has 2 N–H and O–H groups in total. The fourth-order valence-corrected chi connectivity index (χ4v) is 2.13. The van der Waals surface area contributed by atoms with E-state index in [2.05, 4.69) is 0 Å². The highest BCUT2D eigenvalue weighted by atomic mass is 35.5. The number of nitrogens with two attached hydrogens (primary N) is 1. The van der Waals surface area contributed by atoms with Crippen molar-refractivity contribution in [2.45, 2.75) is 31.9 Å². The van der Waals surface area contributed by atoms with E-state index in [0.717, 1.165) is 31.7 Å². The van der Waals surface area contributed by atoms with Gasteiger partial charge in [-0.3, -0.25) is 4.79 Å². The molecule has 1 atom stereocenters. The SMILES string of the molecule is CC(Oc1ccccc1)C(=O)N1CCC(N)CC1.Cl. The van der Waals surface area contributed by atoms with Gasteiger partial charge in [-0.1, -0.05) is 18.2 Å². The minimum absolute atomic E-state index is 0. The molecule has 106 valence electrons. The zero-order valence-electron chi connectivity index (χ0n) is 11.1. The summed E-state index contributed by atoms with van der Waals surface area (Å²) in [7, 11) is 0. The Morgan fingerprint density at radius 3 is 2.47 bits per heavy atom. The molecule has 1 amide bonds. The summed E-state index contributed by atoms with van der Waals surface area (Å²) in [5, 5.41) is 0. The molecule has 1 aromatic carbocycles. The molecule has 1 aromatic rings. The van der Waals surface area contributed by atoms with E-state index >= 15 is 0 Å². The van der Waals surface area contributed by atoms with E-state index in [-0.39, 0.29) is 24.4 Å². The Bertz CT molecular complexity index is 392. The third-order valence-electron chi connectivity index (χ3n) is 3.26. The van der Waals surface area contributed by atoms with E-state index in [9.17, 15) is 4.79 Å². The van der Waals surface area contributed by atoms with Crippen molar-refractivity contribution in [1.29, 1.82) is 0 Å². The number of hydrogen-bond donors (Lipinski definition) is 1. The van der Waals surface area contributed by atoms with Crippen LogP contribution in [-0.2, 0) is 4.79 Å². The van der Waals surface area contributed by atoms with Crippen LogP contribution in [0, 0.1) is 0 Å². The maximum Gasteiger partial charge on any atom is 0.263 e. The van der Waals surface area contributed by atoms with Gasteiger partial charge in [0, 0.05) is 19.1 Å². The number of benzene rings is 1. The molecule has 1 saturated heterocycles. The van der Waals surface area contributed by atoms with Crippen molar-refractivity contribution in [3.8, 4) is 5.75 Å². The number of rotatable bonds is 3. The molecule has 1 heterocycles. The van der Waals surface area contributed by atoms with Crippen LogP contribution in [0.25, 0.3) is 0 Å². The Balaban J connectivity index is 0.00000180. The predicted octanol–water partition coefficient (Wildman–Crippen LogP) is 1.83. The summed E-state index contributed by atoms with van der Waals surface area (Å²) in [5.74, 6) is 0.776. The standard InChI is InChI=1S/C14H20N2O2.ClH/c1-11(18-13-5-3-2-4-6-13)14(17)16-9-7-12(15)8-10-16;/h2-6,11-12H,7-10,15H2,1H3;1H. The first kappa shape index (κ1) is 15.8. The van der Waals surface area contributed by atoms with E-state index in [1.54, 1.807) is 6.92 Å². The summed E-state index contributed by atoms with van der Waals surface area (Å²) in [6.07, 6.45) is 1.31. The minimum atomic E-state index is -0.443. The van der Waals surface area contributed by atoms with Crippen LogP contribution < -0.4 is 10.5 Å².